The normalized spacial score (nSPS) is 12.3. The lowest BCUT2D eigenvalue weighted by Crippen LogP contribution is -2.17. The highest BCUT2D eigenvalue weighted by Crippen LogP contribution is 2.36. The summed E-state index contributed by atoms with van der Waals surface area (Å²) >= 11 is 0. The Kier molecular flexibility index (Phi) is 14.6. The zero-order chi connectivity index (χ0) is 32.4. The van der Waals surface area contributed by atoms with Gasteiger partial charge in [-0.1, -0.05) is 125 Å². The number of benzene rings is 3. The zero-order valence-electron chi connectivity index (χ0n) is 28.1. The van der Waals surface area contributed by atoms with E-state index in [9.17, 15) is 0 Å². The first-order valence-electron chi connectivity index (χ1n) is 17.2. The summed E-state index contributed by atoms with van der Waals surface area (Å²) < 4.78 is 25.8. The van der Waals surface area contributed by atoms with Crippen molar-refractivity contribution in [3.05, 3.63) is 90.0 Å². The summed E-state index contributed by atoms with van der Waals surface area (Å²) in [7, 11) is 0. The highest BCUT2D eigenvalue weighted by atomic mass is 16.5. The molecule has 4 rings (SSSR count). The van der Waals surface area contributed by atoms with Gasteiger partial charge in [0.1, 0.15) is 30.4 Å². The van der Waals surface area contributed by atoms with Gasteiger partial charge in [-0.25, -0.2) is 0 Å². The van der Waals surface area contributed by atoms with Crippen molar-refractivity contribution in [2.75, 3.05) is 0 Å². The van der Waals surface area contributed by atoms with E-state index in [2.05, 4.69) is 43.1 Å². The minimum Gasteiger partial charge on any atom is -0.490 e. The molecule has 7 heteroatoms. The van der Waals surface area contributed by atoms with E-state index in [1.54, 1.807) is 0 Å². The maximum absolute atomic E-state index is 6.52. The van der Waals surface area contributed by atoms with Gasteiger partial charge in [0.25, 0.3) is 5.88 Å². The number of unbranched alkanes of at least 4 members (excludes halogenated alkanes) is 4. The summed E-state index contributed by atoms with van der Waals surface area (Å²) in [6.45, 7) is 9.32. The predicted molar refractivity (Wildman–Crippen MR) is 185 cm³/mol. The van der Waals surface area contributed by atoms with Gasteiger partial charge in [-0.2, -0.15) is 0 Å². The van der Waals surface area contributed by atoms with Gasteiger partial charge in [-0.05, 0) is 55.9 Å². The average Bonchev–Trinajstić information content (AvgIpc) is 3.10. The highest BCUT2D eigenvalue weighted by molar-refractivity contribution is 5.67. The molecule has 3 aromatic carbocycles. The molecule has 4 aromatic rings. The summed E-state index contributed by atoms with van der Waals surface area (Å²) in [6, 6.07) is 26.0. The predicted octanol–water partition coefficient (Wildman–Crippen LogP) is 10.2. The molecule has 0 aliphatic rings. The lowest BCUT2D eigenvalue weighted by atomic mass is 10.1. The van der Waals surface area contributed by atoms with Crippen molar-refractivity contribution in [2.45, 2.75) is 117 Å². The molecule has 0 saturated heterocycles. The molecule has 7 nitrogen and oxygen atoms in total. The Morgan fingerprint density at radius 3 is 1.63 bits per heavy atom. The Hall–Kier alpha value is -4.13. The number of ether oxygens (including phenoxy) is 4. The molecule has 2 unspecified atom stereocenters. The SMILES string of the molecule is CCCCCC(CC)Oc1ccccc1COc1nnnc(-c2ccccc2)c1OCc1ccccc1OC(CC)CCCCC. The summed E-state index contributed by atoms with van der Waals surface area (Å²) in [5.74, 6) is 2.38. The summed E-state index contributed by atoms with van der Waals surface area (Å²) in [5, 5.41) is 12.7. The van der Waals surface area contributed by atoms with Crippen LogP contribution in [-0.2, 0) is 13.2 Å². The number of rotatable bonds is 21. The molecule has 0 aliphatic heterocycles. The first kappa shape index (κ1) is 34.7. The van der Waals surface area contributed by atoms with E-state index in [1.165, 1.54) is 25.7 Å². The van der Waals surface area contributed by atoms with Gasteiger partial charge >= 0.3 is 0 Å². The molecule has 1 aromatic heterocycles. The average molecular weight is 626 g/mol. The van der Waals surface area contributed by atoms with Crippen LogP contribution in [0.4, 0.5) is 0 Å². The fourth-order valence-electron chi connectivity index (χ4n) is 5.38. The second-order valence-electron chi connectivity index (χ2n) is 11.7. The molecule has 1 heterocycles. The Balaban J connectivity index is 1.55. The number of aromatic nitrogens is 3. The number of para-hydroxylation sites is 2. The minimum atomic E-state index is 0.164. The van der Waals surface area contributed by atoms with E-state index in [0.717, 1.165) is 66.7 Å². The molecule has 0 amide bonds. The van der Waals surface area contributed by atoms with Crippen LogP contribution in [0.5, 0.6) is 23.1 Å². The molecule has 0 aliphatic carbocycles. The Morgan fingerprint density at radius 1 is 0.565 bits per heavy atom. The van der Waals surface area contributed by atoms with Crippen molar-refractivity contribution in [3.63, 3.8) is 0 Å². The van der Waals surface area contributed by atoms with E-state index < -0.39 is 0 Å². The van der Waals surface area contributed by atoms with Crippen molar-refractivity contribution in [2.24, 2.45) is 0 Å². The summed E-state index contributed by atoms with van der Waals surface area (Å²) in [4.78, 5) is 0. The summed E-state index contributed by atoms with van der Waals surface area (Å²) in [6.07, 6.45) is 11.5. The second kappa shape index (κ2) is 19.4. The molecule has 0 bridgehead atoms. The standard InChI is InChI=1S/C39H51N3O4/c1-5-9-12-24-33(7-3)45-35-26-18-16-22-31(35)28-43-38-37(30-20-14-11-15-21-30)40-42-41-39(38)44-29-32-23-17-19-27-36(32)46-34(8-4)25-13-10-6-2/h11,14-23,26-27,33-34H,5-10,12-13,24-25,28-29H2,1-4H3. The Morgan fingerprint density at radius 2 is 1.09 bits per heavy atom. The van der Waals surface area contributed by atoms with Gasteiger partial charge in [-0.3, -0.25) is 0 Å². The molecule has 246 valence electrons. The van der Waals surface area contributed by atoms with Gasteiger partial charge in [0.15, 0.2) is 0 Å². The van der Waals surface area contributed by atoms with Crippen LogP contribution >= 0.6 is 0 Å². The van der Waals surface area contributed by atoms with Crippen LogP contribution < -0.4 is 18.9 Å². The highest BCUT2D eigenvalue weighted by Gasteiger charge is 2.20. The third-order valence-electron chi connectivity index (χ3n) is 8.18. The third kappa shape index (κ3) is 10.5. The molecule has 0 N–H and O–H groups in total. The van der Waals surface area contributed by atoms with Crippen LogP contribution in [-0.4, -0.2) is 27.6 Å². The second-order valence-corrected chi connectivity index (χ2v) is 11.7. The molecular formula is C39H51N3O4. The number of nitrogens with zero attached hydrogens (tertiary/aromatic N) is 3. The first-order valence-corrected chi connectivity index (χ1v) is 17.2. The third-order valence-corrected chi connectivity index (χ3v) is 8.18. The lowest BCUT2D eigenvalue weighted by molar-refractivity contribution is 0.173. The van der Waals surface area contributed by atoms with Gasteiger partial charge in [0.05, 0.1) is 12.2 Å². The van der Waals surface area contributed by atoms with Crippen molar-refractivity contribution in [1.29, 1.82) is 0 Å². The van der Waals surface area contributed by atoms with Crippen molar-refractivity contribution in [1.82, 2.24) is 15.4 Å². The largest absolute Gasteiger partial charge is 0.490 e. The smallest absolute Gasteiger partial charge is 0.280 e. The number of hydrogen-bond donors (Lipinski definition) is 0. The van der Waals surface area contributed by atoms with Crippen molar-refractivity contribution in [3.8, 4) is 34.4 Å². The van der Waals surface area contributed by atoms with E-state index in [-0.39, 0.29) is 31.3 Å². The van der Waals surface area contributed by atoms with E-state index in [1.807, 2.05) is 78.9 Å². The lowest BCUT2D eigenvalue weighted by Gasteiger charge is -2.21. The van der Waals surface area contributed by atoms with Crippen LogP contribution in [0.2, 0.25) is 0 Å². The zero-order valence-corrected chi connectivity index (χ0v) is 28.1. The maximum Gasteiger partial charge on any atom is 0.280 e. The van der Waals surface area contributed by atoms with Crippen LogP contribution in [0.3, 0.4) is 0 Å². The molecule has 46 heavy (non-hydrogen) atoms. The first-order chi connectivity index (χ1) is 22.7. The topological polar surface area (TPSA) is 75.6 Å². The van der Waals surface area contributed by atoms with Gasteiger partial charge in [0.2, 0.25) is 5.75 Å². The van der Waals surface area contributed by atoms with Crippen LogP contribution in [0.25, 0.3) is 11.3 Å². The van der Waals surface area contributed by atoms with Gasteiger partial charge in [0, 0.05) is 16.7 Å². The quantitative estimate of drug-likeness (QED) is 0.0853. The minimum absolute atomic E-state index is 0.164. The van der Waals surface area contributed by atoms with Crippen molar-refractivity contribution < 1.29 is 18.9 Å². The molecule has 0 spiro atoms. The molecular weight excluding hydrogens is 574 g/mol. The number of hydrogen-bond acceptors (Lipinski definition) is 7. The van der Waals surface area contributed by atoms with E-state index in [4.69, 9.17) is 18.9 Å². The van der Waals surface area contributed by atoms with Gasteiger partial charge < -0.3 is 18.9 Å². The molecule has 0 saturated carbocycles. The Bertz CT molecular complexity index is 1430. The van der Waals surface area contributed by atoms with Crippen LogP contribution in [0.1, 0.15) is 103 Å². The summed E-state index contributed by atoms with van der Waals surface area (Å²) in [5.41, 5.74) is 3.33. The maximum atomic E-state index is 6.52. The Labute approximate surface area is 275 Å². The fourth-order valence-corrected chi connectivity index (χ4v) is 5.38. The molecule has 0 radical (unpaired) electrons. The van der Waals surface area contributed by atoms with E-state index in [0.29, 0.717) is 11.4 Å². The monoisotopic (exact) mass is 625 g/mol. The van der Waals surface area contributed by atoms with Gasteiger partial charge in [-0.15, -0.1) is 5.10 Å². The molecule has 2 atom stereocenters. The van der Waals surface area contributed by atoms with Crippen LogP contribution in [0, 0.1) is 0 Å². The van der Waals surface area contributed by atoms with E-state index >= 15 is 0 Å². The molecule has 0 fully saturated rings. The van der Waals surface area contributed by atoms with Crippen molar-refractivity contribution >= 4 is 0 Å². The fraction of sp³-hybridized carbons (Fsp3) is 0.462. The van der Waals surface area contributed by atoms with Crippen LogP contribution in [0.15, 0.2) is 78.9 Å².